The Balaban J connectivity index is 2.38. The van der Waals surface area contributed by atoms with E-state index in [-0.39, 0.29) is 25.5 Å². The van der Waals surface area contributed by atoms with Crippen LogP contribution >= 0.6 is 15.9 Å². The third-order valence-corrected chi connectivity index (χ3v) is 3.33. The van der Waals surface area contributed by atoms with Crippen LogP contribution in [0.1, 0.15) is 12.0 Å². The van der Waals surface area contributed by atoms with Crippen molar-refractivity contribution >= 4 is 27.8 Å². The molecular formula is C14H18BrNO5. The largest absolute Gasteiger partial charge is 0.483 e. The van der Waals surface area contributed by atoms with Crippen molar-refractivity contribution in [2.45, 2.75) is 19.4 Å². The van der Waals surface area contributed by atoms with Crippen LogP contribution in [-0.2, 0) is 14.3 Å². The Hall–Kier alpha value is -1.60. The van der Waals surface area contributed by atoms with Crippen molar-refractivity contribution in [1.82, 2.24) is 5.32 Å². The zero-order chi connectivity index (χ0) is 15.8. The molecule has 0 heterocycles. The Morgan fingerprint density at radius 2 is 2.14 bits per heavy atom. The van der Waals surface area contributed by atoms with E-state index < -0.39 is 12.1 Å². The maximum absolute atomic E-state index is 11.6. The lowest BCUT2D eigenvalue weighted by Gasteiger charge is -2.14. The summed E-state index contributed by atoms with van der Waals surface area (Å²) in [5, 5.41) is 11.2. The van der Waals surface area contributed by atoms with Crippen LogP contribution in [0.2, 0.25) is 0 Å². The highest BCUT2D eigenvalue weighted by Crippen LogP contribution is 2.25. The molecule has 0 aliphatic rings. The molecule has 0 spiro atoms. The Labute approximate surface area is 131 Å². The number of methoxy groups -OCH3 is 1. The minimum absolute atomic E-state index is 0.125. The van der Waals surface area contributed by atoms with E-state index in [2.05, 4.69) is 21.2 Å². The van der Waals surface area contributed by atoms with Crippen LogP contribution in [0.25, 0.3) is 0 Å². The minimum atomic E-state index is -0.976. The van der Waals surface area contributed by atoms with Crippen molar-refractivity contribution in [3.8, 4) is 5.75 Å². The quantitative estimate of drug-likeness (QED) is 0.738. The van der Waals surface area contributed by atoms with Gasteiger partial charge in [-0.2, -0.15) is 0 Å². The summed E-state index contributed by atoms with van der Waals surface area (Å²) in [5.74, 6) is -0.740. The number of ether oxygens (including phenoxy) is 2. The van der Waals surface area contributed by atoms with E-state index in [1.165, 1.54) is 7.11 Å². The summed E-state index contributed by atoms with van der Waals surface area (Å²) in [5.41, 5.74) is 1.08. The summed E-state index contributed by atoms with van der Waals surface area (Å²) in [6.07, 6.45) is -0.723. The lowest BCUT2D eigenvalue weighted by atomic mass is 10.2. The lowest BCUT2D eigenvalue weighted by Crippen LogP contribution is -2.37. The average Bonchev–Trinajstić information content (AvgIpc) is 2.42. The monoisotopic (exact) mass is 359 g/mol. The number of halogens is 1. The summed E-state index contributed by atoms with van der Waals surface area (Å²) in [6.45, 7) is 1.93. The summed E-state index contributed by atoms with van der Waals surface area (Å²) >= 11 is 3.36. The molecule has 0 saturated carbocycles. The van der Waals surface area contributed by atoms with Crippen LogP contribution in [-0.4, -0.2) is 43.3 Å². The number of carboxylic acids is 1. The van der Waals surface area contributed by atoms with E-state index >= 15 is 0 Å². The summed E-state index contributed by atoms with van der Waals surface area (Å²) in [4.78, 5) is 22.2. The highest BCUT2D eigenvalue weighted by molar-refractivity contribution is 9.10. The number of carboxylic acid groups (broad SMARTS) is 1. The van der Waals surface area contributed by atoms with Gasteiger partial charge in [0.15, 0.2) is 6.61 Å². The van der Waals surface area contributed by atoms with E-state index in [1.807, 2.05) is 19.1 Å². The third-order valence-electron chi connectivity index (χ3n) is 2.71. The number of hydrogen-bond acceptors (Lipinski definition) is 4. The van der Waals surface area contributed by atoms with Gasteiger partial charge in [0.1, 0.15) is 5.75 Å². The molecule has 0 bridgehead atoms. The molecule has 0 aliphatic heterocycles. The molecule has 1 rings (SSSR count). The van der Waals surface area contributed by atoms with Crippen molar-refractivity contribution in [3.63, 3.8) is 0 Å². The fraction of sp³-hybridized carbons (Fsp3) is 0.429. The molecule has 0 radical (unpaired) electrons. The first-order valence-corrected chi connectivity index (χ1v) is 7.12. The predicted octanol–water partition coefficient (Wildman–Crippen LogP) is 1.74. The number of aryl methyl sites for hydroxylation is 1. The van der Waals surface area contributed by atoms with Gasteiger partial charge in [-0.25, -0.2) is 0 Å². The van der Waals surface area contributed by atoms with Gasteiger partial charge in [-0.1, -0.05) is 6.07 Å². The van der Waals surface area contributed by atoms with E-state index in [0.717, 1.165) is 10.0 Å². The molecule has 116 valence electrons. The number of carbonyl (C=O) groups is 2. The van der Waals surface area contributed by atoms with Crippen molar-refractivity contribution in [1.29, 1.82) is 0 Å². The van der Waals surface area contributed by atoms with E-state index in [0.29, 0.717) is 5.75 Å². The van der Waals surface area contributed by atoms with Gasteiger partial charge in [0, 0.05) is 13.7 Å². The fourth-order valence-electron chi connectivity index (χ4n) is 1.58. The molecule has 2 N–H and O–H groups in total. The van der Waals surface area contributed by atoms with Gasteiger partial charge in [0.2, 0.25) is 0 Å². The van der Waals surface area contributed by atoms with E-state index in [9.17, 15) is 9.59 Å². The number of benzene rings is 1. The van der Waals surface area contributed by atoms with Gasteiger partial charge in [0.05, 0.1) is 17.0 Å². The smallest absolute Gasteiger partial charge is 0.306 e. The average molecular weight is 360 g/mol. The van der Waals surface area contributed by atoms with E-state index in [1.54, 1.807) is 6.07 Å². The minimum Gasteiger partial charge on any atom is -0.483 e. The second-order valence-electron chi connectivity index (χ2n) is 4.48. The first kappa shape index (κ1) is 17.5. The molecule has 1 aromatic rings. The molecule has 21 heavy (non-hydrogen) atoms. The van der Waals surface area contributed by atoms with Gasteiger partial charge < -0.3 is 19.9 Å². The zero-order valence-corrected chi connectivity index (χ0v) is 13.5. The molecule has 0 aromatic heterocycles. The van der Waals surface area contributed by atoms with Gasteiger partial charge in [-0.05, 0) is 40.5 Å². The van der Waals surface area contributed by atoms with Crippen LogP contribution in [0.15, 0.2) is 22.7 Å². The zero-order valence-electron chi connectivity index (χ0n) is 11.9. The molecule has 1 aromatic carbocycles. The normalized spacial score (nSPS) is 11.8. The summed E-state index contributed by atoms with van der Waals surface area (Å²) in [7, 11) is 1.40. The highest BCUT2D eigenvalue weighted by Gasteiger charge is 2.14. The van der Waals surface area contributed by atoms with Gasteiger partial charge in [0.25, 0.3) is 5.91 Å². The molecule has 0 aliphatic carbocycles. The van der Waals surface area contributed by atoms with E-state index in [4.69, 9.17) is 14.6 Å². The highest BCUT2D eigenvalue weighted by atomic mass is 79.9. The Bertz CT molecular complexity index is 506. The maximum Gasteiger partial charge on any atom is 0.306 e. The molecule has 1 atom stereocenters. The van der Waals surface area contributed by atoms with Crippen LogP contribution < -0.4 is 10.1 Å². The first-order valence-electron chi connectivity index (χ1n) is 6.32. The molecule has 0 saturated heterocycles. The molecule has 6 nitrogen and oxygen atoms in total. The Morgan fingerprint density at radius 3 is 2.71 bits per heavy atom. The number of amides is 1. The number of carbonyl (C=O) groups excluding carboxylic acids is 1. The van der Waals surface area contributed by atoms with Gasteiger partial charge in [-0.15, -0.1) is 0 Å². The Kier molecular flexibility index (Phi) is 7.18. The van der Waals surface area contributed by atoms with Crippen molar-refractivity contribution in [3.05, 3.63) is 28.2 Å². The number of rotatable bonds is 8. The van der Waals surface area contributed by atoms with Gasteiger partial charge in [-0.3, -0.25) is 9.59 Å². The number of aliphatic carboxylic acids is 1. The Morgan fingerprint density at radius 1 is 1.43 bits per heavy atom. The summed E-state index contributed by atoms with van der Waals surface area (Å²) in [6, 6.07) is 5.54. The number of hydrogen-bond donors (Lipinski definition) is 2. The van der Waals surface area contributed by atoms with Crippen LogP contribution in [0.3, 0.4) is 0 Å². The van der Waals surface area contributed by atoms with Crippen LogP contribution in [0.5, 0.6) is 5.75 Å². The summed E-state index contributed by atoms with van der Waals surface area (Å²) < 4.78 is 11.1. The predicted molar refractivity (Wildman–Crippen MR) is 80.4 cm³/mol. The van der Waals surface area contributed by atoms with Crippen LogP contribution in [0.4, 0.5) is 0 Å². The topological polar surface area (TPSA) is 84.9 Å². The van der Waals surface area contributed by atoms with Gasteiger partial charge >= 0.3 is 5.97 Å². The molecule has 1 amide bonds. The van der Waals surface area contributed by atoms with Crippen LogP contribution in [0, 0.1) is 6.92 Å². The molecular weight excluding hydrogens is 342 g/mol. The van der Waals surface area contributed by atoms with Crippen molar-refractivity contribution in [2.75, 3.05) is 20.3 Å². The third kappa shape index (κ3) is 6.59. The molecule has 7 heteroatoms. The maximum atomic E-state index is 11.6. The lowest BCUT2D eigenvalue weighted by molar-refractivity contribution is -0.140. The second kappa shape index (κ2) is 8.63. The van der Waals surface area contributed by atoms with Crippen molar-refractivity contribution < 1.29 is 24.2 Å². The molecule has 1 unspecified atom stereocenters. The number of nitrogens with one attached hydrogen (secondary N) is 1. The first-order chi connectivity index (χ1) is 9.92. The molecule has 0 fully saturated rings. The fourth-order valence-corrected chi connectivity index (χ4v) is 2.19. The van der Waals surface area contributed by atoms with Crippen molar-refractivity contribution in [2.24, 2.45) is 0 Å². The SMILES string of the molecule is COC(CNC(=O)COc1ccc(C)cc1Br)CC(=O)O. The standard InChI is InChI=1S/C14H18BrNO5/c1-9-3-4-12(11(15)5-9)21-8-13(17)16-7-10(20-2)6-14(18)19/h3-5,10H,6-8H2,1-2H3,(H,16,17)(H,18,19). The second-order valence-corrected chi connectivity index (χ2v) is 5.34.